The van der Waals surface area contributed by atoms with Crippen LogP contribution in [-0.2, 0) is 25.5 Å². The minimum absolute atomic E-state index is 0.123. The first-order chi connectivity index (χ1) is 13.0. The fourth-order valence-corrected chi connectivity index (χ4v) is 2.42. The number of hydrogen-bond acceptors (Lipinski definition) is 5. The third kappa shape index (κ3) is 9.36. The number of ether oxygens (including phenoxy) is 1. The molecule has 0 radical (unpaired) electrons. The van der Waals surface area contributed by atoms with Gasteiger partial charge in [-0.15, -0.1) is 0 Å². The minimum Gasteiger partial charge on any atom is -0.444 e. The number of benzene rings is 1. The zero-order valence-electron chi connectivity index (χ0n) is 16.2. The van der Waals surface area contributed by atoms with Crippen LogP contribution in [0.4, 0.5) is 4.79 Å². The molecule has 0 bridgehead atoms. The van der Waals surface area contributed by atoms with Crippen LogP contribution in [-0.4, -0.2) is 40.8 Å². The first kappa shape index (κ1) is 23.4. The van der Waals surface area contributed by atoms with Crippen molar-refractivity contribution >= 4 is 35.3 Å². The Kier molecular flexibility index (Phi) is 8.91. The number of rotatable bonds is 9. The molecule has 0 saturated heterocycles. The lowest BCUT2D eigenvalue weighted by Crippen LogP contribution is -2.52. The molecule has 0 aliphatic carbocycles. The van der Waals surface area contributed by atoms with Crippen molar-refractivity contribution in [3.8, 4) is 0 Å². The Bertz CT molecular complexity index is 703. The van der Waals surface area contributed by atoms with E-state index in [1.165, 1.54) is 0 Å². The fourth-order valence-electron chi connectivity index (χ4n) is 2.21. The SMILES string of the molecule is CC(C)(C)OC(=O)NC(CC(N)=O)C(=O)NC(Cl)C(=O)CCc1ccccc1. The highest BCUT2D eigenvalue weighted by Gasteiger charge is 2.28. The molecular weight excluding hydrogens is 386 g/mol. The average Bonchev–Trinajstić information content (AvgIpc) is 2.57. The summed E-state index contributed by atoms with van der Waals surface area (Å²) >= 11 is 5.97. The van der Waals surface area contributed by atoms with Crippen LogP contribution in [0.2, 0.25) is 0 Å². The maximum absolute atomic E-state index is 12.3. The number of hydrogen-bond donors (Lipinski definition) is 3. The van der Waals surface area contributed by atoms with E-state index in [9.17, 15) is 19.2 Å². The van der Waals surface area contributed by atoms with Gasteiger partial charge in [0.25, 0.3) is 0 Å². The first-order valence-electron chi connectivity index (χ1n) is 8.77. The van der Waals surface area contributed by atoms with Gasteiger partial charge in [0.2, 0.25) is 11.8 Å². The van der Waals surface area contributed by atoms with Gasteiger partial charge in [-0.25, -0.2) is 4.79 Å². The van der Waals surface area contributed by atoms with E-state index in [1.54, 1.807) is 20.8 Å². The van der Waals surface area contributed by atoms with Gasteiger partial charge >= 0.3 is 6.09 Å². The van der Waals surface area contributed by atoms with Gasteiger partial charge in [0, 0.05) is 6.42 Å². The standard InChI is InChI=1S/C19H26ClN3O5/c1-19(2,3)28-18(27)22-13(11-15(21)25)17(26)23-16(20)14(24)10-9-12-7-5-4-6-8-12/h4-8,13,16H,9-11H2,1-3H3,(H2,21,25)(H,22,27)(H,23,26). The van der Waals surface area contributed by atoms with Crippen molar-refractivity contribution in [2.45, 2.75) is 57.2 Å². The van der Waals surface area contributed by atoms with E-state index in [0.717, 1.165) is 5.56 Å². The van der Waals surface area contributed by atoms with Crippen LogP contribution >= 0.6 is 11.6 Å². The van der Waals surface area contributed by atoms with Gasteiger partial charge in [0.05, 0.1) is 6.42 Å². The van der Waals surface area contributed by atoms with Crippen LogP contribution in [0, 0.1) is 0 Å². The summed E-state index contributed by atoms with van der Waals surface area (Å²) in [6.45, 7) is 4.95. The number of nitrogens with one attached hydrogen (secondary N) is 2. The Morgan fingerprint density at radius 2 is 1.71 bits per heavy atom. The van der Waals surface area contributed by atoms with E-state index in [2.05, 4.69) is 10.6 Å². The second kappa shape index (κ2) is 10.7. The molecule has 154 valence electrons. The number of carbonyl (C=O) groups excluding carboxylic acids is 4. The summed E-state index contributed by atoms with van der Waals surface area (Å²) in [7, 11) is 0. The fraction of sp³-hybridized carbons (Fsp3) is 0.474. The van der Waals surface area contributed by atoms with Gasteiger partial charge in [-0.05, 0) is 32.8 Å². The van der Waals surface area contributed by atoms with E-state index >= 15 is 0 Å². The molecule has 0 spiro atoms. The van der Waals surface area contributed by atoms with E-state index in [0.29, 0.717) is 6.42 Å². The Hall–Kier alpha value is -2.61. The average molecular weight is 412 g/mol. The highest BCUT2D eigenvalue weighted by Crippen LogP contribution is 2.09. The smallest absolute Gasteiger partial charge is 0.408 e. The number of halogens is 1. The molecule has 1 aromatic carbocycles. The van der Waals surface area contributed by atoms with Crippen molar-refractivity contribution < 1.29 is 23.9 Å². The molecular formula is C19H26ClN3O5. The second-order valence-electron chi connectivity index (χ2n) is 7.19. The van der Waals surface area contributed by atoms with Crippen molar-refractivity contribution in [2.75, 3.05) is 0 Å². The maximum atomic E-state index is 12.3. The van der Waals surface area contributed by atoms with Crippen molar-refractivity contribution in [2.24, 2.45) is 5.73 Å². The summed E-state index contributed by atoms with van der Waals surface area (Å²) in [6.07, 6.45) is -0.763. The molecule has 0 heterocycles. The number of alkyl halides is 1. The number of Topliss-reactive ketones (excluding diaryl/α,β-unsaturated/α-hetero) is 1. The van der Waals surface area contributed by atoms with Crippen LogP contribution in [0.15, 0.2) is 30.3 Å². The summed E-state index contributed by atoms with van der Waals surface area (Å²) in [5.41, 5.74) is 4.00. The molecule has 0 aliphatic heterocycles. The number of nitrogens with two attached hydrogens (primary N) is 1. The second-order valence-corrected chi connectivity index (χ2v) is 7.63. The Labute approximate surface area is 169 Å². The topological polar surface area (TPSA) is 128 Å². The van der Waals surface area contributed by atoms with E-state index < -0.39 is 47.3 Å². The minimum atomic E-state index is -1.31. The van der Waals surface area contributed by atoms with Gasteiger partial charge in [0.1, 0.15) is 11.6 Å². The number of primary amides is 1. The largest absolute Gasteiger partial charge is 0.444 e. The van der Waals surface area contributed by atoms with Crippen LogP contribution in [0.5, 0.6) is 0 Å². The Morgan fingerprint density at radius 1 is 1.11 bits per heavy atom. The van der Waals surface area contributed by atoms with Gasteiger partial charge in [-0.3, -0.25) is 14.4 Å². The maximum Gasteiger partial charge on any atom is 0.408 e. The van der Waals surface area contributed by atoms with Crippen molar-refractivity contribution in [3.63, 3.8) is 0 Å². The lowest BCUT2D eigenvalue weighted by Gasteiger charge is -2.23. The van der Waals surface area contributed by atoms with E-state index in [1.807, 2.05) is 30.3 Å². The lowest BCUT2D eigenvalue weighted by atomic mass is 10.1. The number of amides is 3. The van der Waals surface area contributed by atoms with Crippen molar-refractivity contribution in [1.82, 2.24) is 10.6 Å². The normalized spacial score (nSPS) is 13.1. The zero-order valence-corrected chi connectivity index (χ0v) is 16.9. The predicted octanol–water partition coefficient (Wildman–Crippen LogP) is 1.64. The molecule has 1 rings (SSSR count). The summed E-state index contributed by atoms with van der Waals surface area (Å²) in [6, 6.07) is 8.03. The summed E-state index contributed by atoms with van der Waals surface area (Å²) in [5.74, 6) is -2.01. The van der Waals surface area contributed by atoms with Crippen LogP contribution in [0.25, 0.3) is 0 Å². The van der Waals surface area contributed by atoms with Gasteiger partial charge in [-0.2, -0.15) is 0 Å². The molecule has 0 saturated carbocycles. The summed E-state index contributed by atoms with van der Waals surface area (Å²) in [5, 5.41) is 4.55. The predicted molar refractivity (Wildman–Crippen MR) is 105 cm³/mol. The Balaban J connectivity index is 2.63. The molecule has 0 aromatic heterocycles. The molecule has 3 amide bonds. The van der Waals surface area contributed by atoms with Crippen molar-refractivity contribution in [1.29, 1.82) is 0 Å². The number of carbonyl (C=O) groups is 4. The highest BCUT2D eigenvalue weighted by molar-refractivity contribution is 6.31. The van der Waals surface area contributed by atoms with Gasteiger partial charge in [-0.1, -0.05) is 41.9 Å². The van der Waals surface area contributed by atoms with Gasteiger partial charge in [0.15, 0.2) is 11.3 Å². The van der Waals surface area contributed by atoms with E-state index in [4.69, 9.17) is 22.1 Å². The van der Waals surface area contributed by atoms with Crippen LogP contribution < -0.4 is 16.4 Å². The summed E-state index contributed by atoms with van der Waals surface area (Å²) in [4.78, 5) is 47.6. The van der Waals surface area contributed by atoms with Crippen molar-refractivity contribution in [3.05, 3.63) is 35.9 Å². The third-order valence-corrected chi connectivity index (χ3v) is 3.82. The highest BCUT2D eigenvalue weighted by atomic mass is 35.5. The molecule has 4 N–H and O–H groups in total. The lowest BCUT2D eigenvalue weighted by molar-refractivity contribution is -0.129. The molecule has 28 heavy (non-hydrogen) atoms. The number of aryl methyl sites for hydroxylation is 1. The molecule has 2 atom stereocenters. The molecule has 8 nitrogen and oxygen atoms in total. The van der Waals surface area contributed by atoms with E-state index in [-0.39, 0.29) is 6.42 Å². The first-order valence-corrected chi connectivity index (χ1v) is 9.20. The summed E-state index contributed by atoms with van der Waals surface area (Å²) < 4.78 is 5.06. The monoisotopic (exact) mass is 411 g/mol. The molecule has 1 aromatic rings. The van der Waals surface area contributed by atoms with Crippen LogP contribution in [0.3, 0.4) is 0 Å². The Morgan fingerprint density at radius 3 is 2.25 bits per heavy atom. The third-order valence-electron chi connectivity index (χ3n) is 3.47. The zero-order chi connectivity index (χ0) is 21.3. The number of ketones is 1. The molecule has 2 unspecified atom stereocenters. The molecule has 0 aliphatic rings. The number of alkyl carbamates (subject to hydrolysis) is 1. The molecule has 9 heteroatoms. The quantitative estimate of drug-likeness (QED) is 0.420. The van der Waals surface area contributed by atoms with Crippen LogP contribution in [0.1, 0.15) is 39.2 Å². The molecule has 0 fully saturated rings. The van der Waals surface area contributed by atoms with Gasteiger partial charge < -0.3 is 21.1 Å².